The van der Waals surface area contributed by atoms with Crippen LogP contribution in [0.5, 0.6) is 0 Å². The molecule has 1 spiro atoms. The highest BCUT2D eigenvalue weighted by Crippen LogP contribution is 2.52. The summed E-state index contributed by atoms with van der Waals surface area (Å²) < 4.78 is 1.62. The number of aromatic nitrogens is 2. The Balaban J connectivity index is 1.44. The van der Waals surface area contributed by atoms with Gasteiger partial charge in [-0.1, -0.05) is 12.1 Å². The molecule has 28 heavy (non-hydrogen) atoms. The van der Waals surface area contributed by atoms with Crippen LogP contribution in [0, 0.1) is 38.5 Å². The maximum atomic E-state index is 13.3. The number of hydrogen-bond donors (Lipinski definition) is 2. The second kappa shape index (κ2) is 5.93. The van der Waals surface area contributed by atoms with Gasteiger partial charge in [0.05, 0.1) is 11.3 Å². The van der Waals surface area contributed by atoms with Crippen LogP contribution >= 0.6 is 0 Å². The number of carbonyl (C=O) groups is 2. The molecule has 6 nitrogen and oxygen atoms in total. The minimum atomic E-state index is -0.434. The Labute approximate surface area is 164 Å². The number of rotatable bonds is 1. The van der Waals surface area contributed by atoms with Crippen molar-refractivity contribution in [2.24, 2.45) is 17.8 Å². The van der Waals surface area contributed by atoms with Crippen LogP contribution in [-0.4, -0.2) is 27.3 Å². The zero-order valence-corrected chi connectivity index (χ0v) is 16.6. The predicted molar refractivity (Wildman–Crippen MR) is 106 cm³/mol. The van der Waals surface area contributed by atoms with Crippen LogP contribution in [0.25, 0.3) is 0 Å². The minimum absolute atomic E-state index is 0.0149. The molecule has 3 saturated carbocycles. The zero-order valence-electron chi connectivity index (χ0n) is 16.6. The van der Waals surface area contributed by atoms with Crippen LogP contribution in [0.1, 0.15) is 57.8 Å². The minimum Gasteiger partial charge on any atom is -0.362 e. The van der Waals surface area contributed by atoms with Crippen molar-refractivity contribution in [2.45, 2.75) is 52.1 Å². The van der Waals surface area contributed by atoms with Crippen LogP contribution in [-0.2, 0) is 0 Å². The van der Waals surface area contributed by atoms with Gasteiger partial charge in [-0.2, -0.15) is 5.10 Å². The first-order valence-electron chi connectivity index (χ1n) is 10.2. The third kappa shape index (κ3) is 2.36. The van der Waals surface area contributed by atoms with Gasteiger partial charge in [0.15, 0.2) is 0 Å². The first-order valence-corrected chi connectivity index (χ1v) is 10.2. The lowest BCUT2D eigenvalue weighted by molar-refractivity contribution is 0.00907. The molecule has 1 aromatic heterocycles. The Kier molecular flexibility index (Phi) is 3.70. The van der Waals surface area contributed by atoms with E-state index in [4.69, 9.17) is 0 Å². The summed E-state index contributed by atoms with van der Waals surface area (Å²) in [4.78, 5) is 26.0. The van der Waals surface area contributed by atoms with Crippen molar-refractivity contribution in [1.29, 1.82) is 0 Å². The molecule has 4 atom stereocenters. The van der Waals surface area contributed by atoms with Crippen molar-refractivity contribution in [3.8, 4) is 0 Å². The Bertz CT molecular complexity index is 994. The molecule has 2 N–H and O–H groups in total. The molecule has 6 rings (SSSR count). The molecule has 1 amide bonds. The lowest BCUT2D eigenvalue weighted by atomic mass is 9.58. The monoisotopic (exact) mass is 378 g/mol. The van der Waals surface area contributed by atoms with Gasteiger partial charge in [0.1, 0.15) is 5.66 Å². The third-order valence-electron chi connectivity index (χ3n) is 7.32. The van der Waals surface area contributed by atoms with E-state index in [1.807, 2.05) is 45.0 Å². The van der Waals surface area contributed by atoms with E-state index in [2.05, 4.69) is 15.7 Å². The smallest absolute Gasteiger partial charge is 0.255 e. The van der Waals surface area contributed by atoms with Gasteiger partial charge < -0.3 is 10.6 Å². The molecule has 6 heteroatoms. The van der Waals surface area contributed by atoms with Crippen molar-refractivity contribution in [2.75, 3.05) is 5.32 Å². The van der Waals surface area contributed by atoms with Crippen molar-refractivity contribution in [3.05, 3.63) is 46.8 Å². The van der Waals surface area contributed by atoms with Gasteiger partial charge in [-0.05, 0) is 70.1 Å². The number of aryl methyl sites for hydroxylation is 1. The average molecular weight is 378 g/mol. The van der Waals surface area contributed by atoms with E-state index in [9.17, 15) is 9.59 Å². The fraction of sp³-hybridized carbons (Fsp3) is 0.500. The van der Waals surface area contributed by atoms with Crippen LogP contribution in [0.15, 0.2) is 24.3 Å². The largest absolute Gasteiger partial charge is 0.362 e. The fourth-order valence-corrected chi connectivity index (χ4v) is 5.54. The number of amides is 1. The molecule has 2 bridgehead atoms. The fourth-order valence-electron chi connectivity index (χ4n) is 5.54. The van der Waals surface area contributed by atoms with E-state index in [1.165, 1.54) is 0 Å². The average Bonchev–Trinajstić information content (AvgIpc) is 2.95. The number of para-hydroxylation sites is 1. The predicted octanol–water partition coefficient (Wildman–Crippen LogP) is 3.44. The Morgan fingerprint density at radius 2 is 1.96 bits per heavy atom. The van der Waals surface area contributed by atoms with E-state index in [0.29, 0.717) is 5.56 Å². The molecule has 0 unspecified atom stereocenters. The molecule has 2 aromatic rings. The van der Waals surface area contributed by atoms with Crippen LogP contribution < -0.4 is 10.6 Å². The maximum absolute atomic E-state index is 13.3. The van der Waals surface area contributed by atoms with Crippen molar-refractivity contribution in [1.82, 2.24) is 15.1 Å². The van der Waals surface area contributed by atoms with Gasteiger partial charge >= 0.3 is 0 Å². The summed E-state index contributed by atoms with van der Waals surface area (Å²) in [6.45, 7) is 5.94. The third-order valence-corrected chi connectivity index (χ3v) is 7.32. The Hall–Kier alpha value is -2.63. The summed E-state index contributed by atoms with van der Waals surface area (Å²) in [6.07, 6.45) is 3.63. The zero-order chi connectivity index (χ0) is 19.6. The number of nitrogens with zero attached hydrogens (tertiary/aromatic N) is 2. The second-order valence-corrected chi connectivity index (χ2v) is 8.72. The molecule has 0 saturated heterocycles. The van der Waals surface area contributed by atoms with Crippen LogP contribution in [0.4, 0.5) is 5.69 Å². The summed E-state index contributed by atoms with van der Waals surface area (Å²) >= 11 is 0. The van der Waals surface area contributed by atoms with Crippen molar-refractivity contribution >= 4 is 17.5 Å². The van der Waals surface area contributed by atoms with Gasteiger partial charge in [0.25, 0.3) is 5.91 Å². The first kappa shape index (κ1) is 17.5. The quantitative estimate of drug-likeness (QED) is 0.797. The number of anilines is 1. The van der Waals surface area contributed by atoms with Gasteiger partial charge in [-0.25, -0.2) is 4.68 Å². The Morgan fingerprint density at radius 1 is 1.18 bits per heavy atom. The maximum Gasteiger partial charge on any atom is 0.255 e. The normalized spacial score (nSPS) is 30.7. The van der Waals surface area contributed by atoms with Gasteiger partial charge in [-0.3, -0.25) is 9.59 Å². The summed E-state index contributed by atoms with van der Waals surface area (Å²) in [5, 5.41) is 11.4. The summed E-state index contributed by atoms with van der Waals surface area (Å²) in [5.41, 5.74) is 4.11. The van der Waals surface area contributed by atoms with Crippen molar-refractivity contribution < 1.29 is 9.59 Å². The number of nitrogens with one attached hydrogen (secondary N) is 2. The summed E-state index contributed by atoms with van der Waals surface area (Å²) in [6, 6.07) is 7.66. The van der Waals surface area contributed by atoms with E-state index >= 15 is 0 Å². The van der Waals surface area contributed by atoms with Crippen molar-refractivity contribution in [3.63, 3.8) is 0 Å². The summed E-state index contributed by atoms with van der Waals surface area (Å²) in [7, 11) is 0. The van der Waals surface area contributed by atoms with E-state index in [0.717, 1.165) is 48.3 Å². The Morgan fingerprint density at radius 3 is 2.64 bits per heavy atom. The van der Waals surface area contributed by atoms with Crippen LogP contribution in [0.2, 0.25) is 0 Å². The molecule has 1 aliphatic heterocycles. The molecular formula is C22H26N4O2. The van der Waals surface area contributed by atoms with E-state index in [-0.39, 0.29) is 29.6 Å². The lowest BCUT2D eigenvalue weighted by Crippen LogP contribution is -2.67. The summed E-state index contributed by atoms with van der Waals surface area (Å²) in [5.74, 6) is 0.555. The lowest BCUT2D eigenvalue weighted by Gasteiger charge is -2.56. The van der Waals surface area contributed by atoms with Gasteiger partial charge in [0, 0.05) is 23.2 Å². The molecule has 3 fully saturated rings. The van der Waals surface area contributed by atoms with E-state index in [1.54, 1.807) is 4.68 Å². The van der Waals surface area contributed by atoms with Crippen LogP contribution in [0.3, 0.4) is 0 Å². The SMILES string of the molecule is Cc1nn(C(=O)[C@@H]2C[C@H]3CC[C@@H]2C[C@]32NC(=O)c3ccccc3N2)c(C)c1C. The molecule has 2 heterocycles. The molecule has 4 aliphatic rings. The number of carbonyl (C=O) groups excluding carboxylic acids is 2. The second-order valence-electron chi connectivity index (χ2n) is 8.72. The number of benzene rings is 1. The first-order chi connectivity index (χ1) is 13.4. The molecular weight excluding hydrogens is 352 g/mol. The number of fused-ring (bicyclic) bond motifs is 3. The highest BCUT2D eigenvalue weighted by Gasteiger charge is 2.55. The number of hydrogen-bond acceptors (Lipinski definition) is 4. The molecule has 146 valence electrons. The molecule has 0 radical (unpaired) electrons. The standard InChI is InChI=1S/C22H26N4O2/c1-12-13(2)25-26(14(12)3)21(28)18-10-16-9-8-15(18)11-22(16)23-19-7-5-4-6-17(19)20(27)24-22/h4-7,15-16,18,23H,8-11H2,1-3H3,(H,24,27)/t15-,16-,18-,22+/m1/s1. The molecule has 3 aliphatic carbocycles. The molecule has 1 aromatic carbocycles. The van der Waals surface area contributed by atoms with E-state index < -0.39 is 5.66 Å². The van der Waals surface area contributed by atoms with Gasteiger partial charge in [-0.15, -0.1) is 0 Å². The topological polar surface area (TPSA) is 76.0 Å². The van der Waals surface area contributed by atoms with Gasteiger partial charge in [0.2, 0.25) is 5.91 Å². The highest BCUT2D eigenvalue weighted by molar-refractivity contribution is 6.02. The highest BCUT2D eigenvalue weighted by atomic mass is 16.2.